The van der Waals surface area contributed by atoms with Gasteiger partial charge in [-0.3, -0.25) is 0 Å². The summed E-state index contributed by atoms with van der Waals surface area (Å²) >= 11 is 0. The Morgan fingerprint density at radius 2 is 1.90 bits per heavy atom. The number of aliphatic hydroxyl groups is 2. The summed E-state index contributed by atoms with van der Waals surface area (Å²) in [5.74, 6) is 0.934. The van der Waals surface area contributed by atoms with Crippen molar-refractivity contribution in [3.05, 3.63) is 36.0 Å². The van der Waals surface area contributed by atoms with Gasteiger partial charge >= 0.3 is 0 Å². The van der Waals surface area contributed by atoms with Crippen LogP contribution in [0.1, 0.15) is 31.2 Å². The second-order valence-corrected chi connectivity index (χ2v) is 5.69. The summed E-state index contributed by atoms with van der Waals surface area (Å²) in [6.45, 7) is 1.09. The van der Waals surface area contributed by atoms with E-state index in [1.807, 2.05) is 18.2 Å². The Labute approximate surface area is 125 Å². The van der Waals surface area contributed by atoms with Crippen LogP contribution < -0.4 is 4.90 Å². The van der Waals surface area contributed by atoms with Crippen molar-refractivity contribution in [2.75, 3.05) is 18.1 Å². The minimum Gasteiger partial charge on any atom is -0.394 e. The Balaban J connectivity index is 2.10. The molecule has 2 aromatic rings. The van der Waals surface area contributed by atoms with Crippen LogP contribution >= 0.6 is 0 Å². The van der Waals surface area contributed by atoms with Gasteiger partial charge in [-0.25, -0.2) is 4.98 Å². The zero-order chi connectivity index (χ0) is 14.7. The highest BCUT2D eigenvalue weighted by atomic mass is 16.3. The van der Waals surface area contributed by atoms with E-state index in [-0.39, 0.29) is 19.3 Å². The molecule has 0 bridgehead atoms. The van der Waals surface area contributed by atoms with Gasteiger partial charge in [-0.2, -0.15) is 0 Å². The van der Waals surface area contributed by atoms with Crippen LogP contribution in [0.3, 0.4) is 0 Å². The summed E-state index contributed by atoms with van der Waals surface area (Å²) in [5.41, 5.74) is 0.852. The maximum Gasteiger partial charge on any atom is 0.136 e. The van der Waals surface area contributed by atoms with Gasteiger partial charge in [-0.15, -0.1) is 0 Å². The molecule has 2 heterocycles. The zero-order valence-corrected chi connectivity index (χ0v) is 12.2. The molecule has 1 aromatic heterocycles. The van der Waals surface area contributed by atoms with Gasteiger partial charge in [0.05, 0.1) is 19.3 Å². The van der Waals surface area contributed by atoms with Gasteiger partial charge in [0, 0.05) is 23.7 Å². The Morgan fingerprint density at radius 1 is 1.10 bits per heavy atom. The number of benzene rings is 1. The molecule has 1 fully saturated rings. The first kappa shape index (κ1) is 14.3. The van der Waals surface area contributed by atoms with Crippen molar-refractivity contribution < 1.29 is 10.2 Å². The number of nitrogens with zero attached hydrogens (tertiary/aromatic N) is 2. The van der Waals surface area contributed by atoms with E-state index >= 15 is 0 Å². The Morgan fingerprint density at radius 3 is 2.67 bits per heavy atom. The van der Waals surface area contributed by atoms with Gasteiger partial charge in [0.25, 0.3) is 0 Å². The molecule has 0 saturated carbocycles. The van der Waals surface area contributed by atoms with Gasteiger partial charge in [0.2, 0.25) is 0 Å². The molecule has 1 aliphatic heterocycles. The Kier molecular flexibility index (Phi) is 4.36. The Hall–Kier alpha value is -1.65. The Bertz CT molecular complexity index is 615. The summed E-state index contributed by atoms with van der Waals surface area (Å²) in [6.07, 6.45) is 6.27. The third-order valence-electron chi connectivity index (χ3n) is 4.39. The van der Waals surface area contributed by atoms with Crippen molar-refractivity contribution in [3.63, 3.8) is 0 Å². The van der Waals surface area contributed by atoms with E-state index in [1.165, 1.54) is 6.42 Å². The number of hydrogen-bond acceptors (Lipinski definition) is 4. The van der Waals surface area contributed by atoms with Crippen LogP contribution in [0.15, 0.2) is 30.5 Å². The standard InChI is InChI=1S/C17H22N2O2/c20-11-13-10-18-17(16-8-4-3-7-15(13)16)19-9-5-1-2-6-14(19)12-21/h3-4,7-8,10,14,20-21H,1-2,5-6,9,11-12H2. The molecule has 1 atom stereocenters. The lowest BCUT2D eigenvalue weighted by Gasteiger charge is -2.31. The van der Waals surface area contributed by atoms with Crippen molar-refractivity contribution in [3.8, 4) is 0 Å². The second kappa shape index (κ2) is 6.41. The zero-order valence-electron chi connectivity index (χ0n) is 12.2. The monoisotopic (exact) mass is 286 g/mol. The largest absolute Gasteiger partial charge is 0.394 e. The van der Waals surface area contributed by atoms with Gasteiger partial charge in [0.15, 0.2) is 0 Å². The van der Waals surface area contributed by atoms with Crippen molar-refractivity contribution in [1.82, 2.24) is 4.98 Å². The van der Waals surface area contributed by atoms with Gasteiger partial charge in [-0.1, -0.05) is 37.1 Å². The molecule has 0 aliphatic carbocycles. The first-order chi connectivity index (χ1) is 10.3. The predicted octanol–water partition coefficient (Wildman–Crippen LogP) is 2.47. The van der Waals surface area contributed by atoms with Gasteiger partial charge in [-0.05, 0) is 18.2 Å². The number of fused-ring (bicyclic) bond motifs is 1. The average molecular weight is 286 g/mol. The number of aromatic nitrogens is 1. The molecular weight excluding hydrogens is 264 g/mol. The first-order valence-electron chi connectivity index (χ1n) is 7.70. The highest BCUT2D eigenvalue weighted by Gasteiger charge is 2.23. The van der Waals surface area contributed by atoms with E-state index in [4.69, 9.17) is 0 Å². The van der Waals surface area contributed by atoms with Crippen molar-refractivity contribution >= 4 is 16.6 Å². The van der Waals surface area contributed by atoms with E-state index in [0.29, 0.717) is 0 Å². The molecule has 4 heteroatoms. The van der Waals surface area contributed by atoms with Gasteiger partial charge < -0.3 is 15.1 Å². The summed E-state index contributed by atoms with van der Waals surface area (Å²) in [7, 11) is 0. The minimum absolute atomic E-state index is 0.00276. The van der Waals surface area contributed by atoms with E-state index in [0.717, 1.165) is 48.0 Å². The van der Waals surface area contributed by atoms with Crippen LogP contribution in [0.2, 0.25) is 0 Å². The molecular formula is C17H22N2O2. The molecule has 21 heavy (non-hydrogen) atoms. The summed E-state index contributed by atoms with van der Waals surface area (Å²) in [4.78, 5) is 6.84. The molecule has 0 amide bonds. The minimum atomic E-state index is -0.00276. The fourth-order valence-electron chi connectivity index (χ4n) is 3.24. The third-order valence-corrected chi connectivity index (χ3v) is 4.39. The van der Waals surface area contributed by atoms with E-state index in [9.17, 15) is 10.2 Å². The predicted molar refractivity (Wildman–Crippen MR) is 84.4 cm³/mol. The summed E-state index contributed by atoms with van der Waals surface area (Å²) in [6, 6.07) is 8.20. The lowest BCUT2D eigenvalue weighted by atomic mass is 10.1. The van der Waals surface area contributed by atoms with Crippen LogP contribution in [0.25, 0.3) is 10.8 Å². The third kappa shape index (κ3) is 2.74. The van der Waals surface area contributed by atoms with Crippen LogP contribution in [0.4, 0.5) is 5.82 Å². The second-order valence-electron chi connectivity index (χ2n) is 5.69. The van der Waals surface area contributed by atoms with Crippen molar-refractivity contribution in [1.29, 1.82) is 0 Å². The molecule has 3 rings (SSSR count). The van der Waals surface area contributed by atoms with Crippen LogP contribution in [-0.2, 0) is 6.61 Å². The molecule has 0 spiro atoms. The normalized spacial score (nSPS) is 19.7. The SMILES string of the molecule is OCc1cnc(N2CCCCCC2CO)c2ccccc12. The quantitative estimate of drug-likeness (QED) is 0.910. The topological polar surface area (TPSA) is 56.6 Å². The van der Waals surface area contributed by atoms with E-state index in [2.05, 4.69) is 16.0 Å². The number of hydrogen-bond donors (Lipinski definition) is 2. The molecule has 0 radical (unpaired) electrons. The fraction of sp³-hybridized carbons (Fsp3) is 0.471. The maximum atomic E-state index is 9.71. The molecule has 112 valence electrons. The molecule has 2 N–H and O–H groups in total. The average Bonchev–Trinajstić information content (AvgIpc) is 2.79. The van der Waals surface area contributed by atoms with E-state index < -0.39 is 0 Å². The lowest BCUT2D eigenvalue weighted by molar-refractivity contribution is 0.254. The lowest BCUT2D eigenvalue weighted by Crippen LogP contribution is -2.38. The molecule has 1 saturated heterocycles. The smallest absolute Gasteiger partial charge is 0.136 e. The number of anilines is 1. The van der Waals surface area contributed by atoms with Gasteiger partial charge in [0.1, 0.15) is 5.82 Å². The highest BCUT2D eigenvalue weighted by Crippen LogP contribution is 2.30. The number of pyridine rings is 1. The van der Waals surface area contributed by atoms with E-state index in [1.54, 1.807) is 6.20 Å². The molecule has 1 aromatic carbocycles. The molecule has 1 aliphatic rings. The van der Waals surface area contributed by atoms with Crippen molar-refractivity contribution in [2.24, 2.45) is 0 Å². The number of rotatable bonds is 3. The number of aliphatic hydroxyl groups excluding tert-OH is 2. The summed E-state index contributed by atoms with van der Waals surface area (Å²) in [5, 5.41) is 21.3. The first-order valence-corrected chi connectivity index (χ1v) is 7.70. The van der Waals surface area contributed by atoms with Crippen molar-refractivity contribution in [2.45, 2.75) is 38.3 Å². The molecule has 1 unspecified atom stereocenters. The fourth-order valence-corrected chi connectivity index (χ4v) is 3.24. The molecule has 4 nitrogen and oxygen atoms in total. The maximum absolute atomic E-state index is 9.71. The summed E-state index contributed by atoms with van der Waals surface area (Å²) < 4.78 is 0. The van der Waals surface area contributed by atoms with Crippen LogP contribution in [0.5, 0.6) is 0 Å². The van der Waals surface area contributed by atoms with Crippen LogP contribution in [0, 0.1) is 0 Å². The highest BCUT2D eigenvalue weighted by molar-refractivity contribution is 5.94. The van der Waals surface area contributed by atoms with Crippen LogP contribution in [-0.4, -0.2) is 34.4 Å².